The Morgan fingerprint density at radius 3 is 0.433 bits per heavy atom. The number of hydrogen-bond acceptors (Lipinski definition) is 7. The monoisotopic (exact) mass is 1870 g/mol. The van der Waals surface area contributed by atoms with Crippen molar-refractivity contribution in [1.29, 1.82) is 0 Å². The Morgan fingerprint density at radius 1 is 0.172 bits per heavy atom. The van der Waals surface area contributed by atoms with Crippen molar-refractivity contribution in [2.75, 3.05) is 54.0 Å². The van der Waals surface area contributed by atoms with Crippen molar-refractivity contribution in [2.24, 2.45) is 0 Å². The summed E-state index contributed by atoms with van der Waals surface area (Å²) in [4.78, 5) is 7.72. The molecule has 0 radical (unpaired) electrons. The van der Waals surface area contributed by atoms with E-state index in [0.717, 1.165) is 94.9 Å². The number of allylic oxidation sites excluding steroid dienone is 12. The summed E-state index contributed by atoms with van der Waals surface area (Å²) in [5, 5.41) is 0. The predicted molar refractivity (Wildman–Crippen MR) is 602 cm³/mol. The summed E-state index contributed by atoms with van der Waals surface area (Å²) in [6.45, 7) is 19.3. The van der Waals surface area contributed by atoms with Gasteiger partial charge in [-0.15, -0.1) is 0 Å². The number of benzene rings is 3. The Morgan fingerprint density at radius 2 is 0.291 bits per heavy atom. The number of phosphoric acid groups is 1. The van der Waals surface area contributed by atoms with E-state index in [-0.39, 0.29) is 0 Å². The molecule has 3 rings (SSSR count). The smallest absolute Gasteiger partial charge is 0.384 e. The number of para-hydroxylation sites is 6. The highest BCUT2D eigenvalue weighted by atomic mass is 31.2. The van der Waals surface area contributed by atoms with Crippen LogP contribution in [0.25, 0.3) is 0 Å². The molecule has 0 atom stereocenters. The van der Waals surface area contributed by atoms with Crippen LogP contribution in [0.1, 0.15) is 581 Å². The second-order valence-electron chi connectivity index (χ2n) is 40.7. The molecule has 0 aromatic heterocycles. The van der Waals surface area contributed by atoms with Crippen LogP contribution in [0.5, 0.6) is 17.2 Å². The number of unbranched alkanes of at least 4 members (excludes halogenated alkanes) is 72. The van der Waals surface area contributed by atoms with Gasteiger partial charge in [0.05, 0.1) is 17.1 Å². The van der Waals surface area contributed by atoms with Crippen LogP contribution < -0.4 is 28.3 Å². The third kappa shape index (κ3) is 76.0. The Hall–Kier alpha value is -4.87. The zero-order valence-electron chi connectivity index (χ0n) is 89.9. The molecule has 770 valence electrons. The molecule has 0 saturated carbocycles. The van der Waals surface area contributed by atoms with Gasteiger partial charge >= 0.3 is 7.82 Å². The number of phosphoric ester groups is 1. The minimum absolute atomic E-state index is 0.565. The summed E-state index contributed by atoms with van der Waals surface area (Å²) in [7, 11) is -4.58. The molecule has 0 N–H and O–H groups in total. The second-order valence-corrected chi connectivity index (χ2v) is 42.2. The third-order valence-electron chi connectivity index (χ3n) is 27.9. The van der Waals surface area contributed by atoms with E-state index in [1.54, 1.807) is 0 Å². The summed E-state index contributed by atoms with van der Waals surface area (Å²) in [5.41, 5.74) is 2.93. The third-order valence-corrected chi connectivity index (χ3v) is 29.1. The van der Waals surface area contributed by atoms with Crippen molar-refractivity contribution in [1.82, 2.24) is 0 Å². The van der Waals surface area contributed by atoms with Crippen LogP contribution >= 0.6 is 7.82 Å². The molecule has 134 heavy (non-hydrogen) atoms. The highest BCUT2D eigenvalue weighted by Gasteiger charge is 2.37. The Labute approximate surface area is 835 Å². The van der Waals surface area contributed by atoms with Crippen LogP contribution in [0.4, 0.5) is 17.1 Å². The SMILES string of the molecule is CCCCCCCC/C=C\CCCCCCCCN(CCCCCCCC/C=C\CCCCCCCC)c1ccccc1OP(=O)(Oc1ccccc1N(CCCCCCCC/C=C\CCCCCCCC)CCCCCCCC/C=C\CCCCCCCC)Oc1ccccc1N(CCCCCCCC/C=C\CCCCCCCC)CCCCCCCC/C=C\CCCCCCCC. The fraction of sp³-hybridized carbons (Fsp3) is 0.762. The topological polar surface area (TPSA) is 54.5 Å². The van der Waals surface area contributed by atoms with Crippen LogP contribution in [0, 0.1) is 0 Å². The fourth-order valence-corrected chi connectivity index (χ4v) is 20.5. The lowest BCUT2D eigenvalue weighted by Gasteiger charge is -2.31. The first-order valence-corrected chi connectivity index (χ1v) is 61.0. The fourth-order valence-electron chi connectivity index (χ4n) is 19.2. The van der Waals surface area contributed by atoms with E-state index in [4.69, 9.17) is 13.6 Å². The second kappa shape index (κ2) is 98.3. The summed E-state index contributed by atoms with van der Waals surface area (Å²) in [5.74, 6) is 1.70. The van der Waals surface area contributed by atoms with Crippen LogP contribution in [0.3, 0.4) is 0 Å². The molecule has 0 spiro atoms. The van der Waals surface area contributed by atoms with Crippen molar-refractivity contribution in [3.05, 3.63) is 146 Å². The number of hydrogen-bond donors (Lipinski definition) is 0. The maximum absolute atomic E-state index is 17.2. The van der Waals surface area contributed by atoms with E-state index in [9.17, 15) is 0 Å². The largest absolute Gasteiger partial charge is 0.647 e. The average molecular weight is 1870 g/mol. The van der Waals surface area contributed by atoms with E-state index in [0.29, 0.717) is 17.2 Å². The van der Waals surface area contributed by atoms with Gasteiger partial charge in [-0.2, -0.15) is 4.57 Å². The lowest BCUT2D eigenvalue weighted by atomic mass is 10.1. The summed E-state index contributed by atoms with van der Waals surface area (Å²) < 4.78 is 39.2. The van der Waals surface area contributed by atoms with Crippen LogP contribution in [0.2, 0.25) is 0 Å². The Kier molecular flexibility index (Phi) is 90.5. The minimum Gasteiger partial charge on any atom is -0.384 e. The first-order chi connectivity index (χ1) is 66.4. The summed E-state index contributed by atoms with van der Waals surface area (Å²) in [6.07, 6.45) is 138. The normalized spacial score (nSPS) is 12.1. The molecule has 0 saturated heterocycles. The Bertz CT molecular complexity index is 2710. The highest BCUT2D eigenvalue weighted by Crippen LogP contribution is 2.55. The van der Waals surface area contributed by atoms with Crippen LogP contribution in [-0.4, -0.2) is 39.3 Å². The van der Waals surface area contributed by atoms with Crippen LogP contribution in [-0.2, 0) is 4.57 Å². The first-order valence-electron chi connectivity index (χ1n) is 59.5. The lowest BCUT2D eigenvalue weighted by Crippen LogP contribution is -2.27. The number of nitrogens with zero attached hydrogens (tertiary/aromatic N) is 3. The minimum atomic E-state index is -4.58. The van der Waals surface area contributed by atoms with Crippen molar-refractivity contribution in [3.63, 3.8) is 0 Å². The molecule has 7 nitrogen and oxygen atoms in total. The van der Waals surface area contributed by atoms with Gasteiger partial charge in [0.2, 0.25) is 0 Å². The van der Waals surface area contributed by atoms with Gasteiger partial charge in [-0.25, -0.2) is 0 Å². The van der Waals surface area contributed by atoms with Gasteiger partial charge < -0.3 is 28.3 Å². The van der Waals surface area contributed by atoms with Crippen molar-refractivity contribution >= 4 is 24.9 Å². The number of rotatable bonds is 105. The molecule has 0 heterocycles. The van der Waals surface area contributed by atoms with Crippen LogP contribution in [0.15, 0.2) is 146 Å². The van der Waals surface area contributed by atoms with E-state index < -0.39 is 7.82 Å². The highest BCUT2D eigenvalue weighted by molar-refractivity contribution is 7.49. The summed E-state index contributed by atoms with van der Waals surface area (Å²) >= 11 is 0. The van der Waals surface area contributed by atoms with Crippen molar-refractivity contribution in [2.45, 2.75) is 581 Å². The molecule has 0 aliphatic rings. The Balaban J connectivity index is 2.07. The van der Waals surface area contributed by atoms with Gasteiger partial charge in [-0.1, -0.05) is 498 Å². The van der Waals surface area contributed by atoms with Gasteiger partial charge in [0.15, 0.2) is 17.2 Å². The van der Waals surface area contributed by atoms with Gasteiger partial charge in [0, 0.05) is 39.3 Å². The first kappa shape index (κ1) is 123. The molecular formula is C126H222N3O4P. The molecule has 0 amide bonds. The van der Waals surface area contributed by atoms with Crippen molar-refractivity contribution < 1.29 is 18.1 Å². The molecule has 3 aromatic rings. The van der Waals surface area contributed by atoms with E-state index in [1.807, 2.05) is 18.2 Å². The molecule has 3 aromatic carbocycles. The molecule has 8 heteroatoms. The average Bonchev–Trinajstić information content (AvgIpc) is 0.791. The molecule has 0 aliphatic carbocycles. The van der Waals surface area contributed by atoms with Gasteiger partial charge in [-0.05, 0) is 229 Å². The molecule has 0 aliphatic heterocycles. The van der Waals surface area contributed by atoms with Gasteiger partial charge in [0.25, 0.3) is 0 Å². The van der Waals surface area contributed by atoms with Gasteiger partial charge in [-0.3, -0.25) is 0 Å². The molecule has 0 bridgehead atoms. The molecule has 0 fully saturated rings. The number of anilines is 3. The maximum Gasteiger partial charge on any atom is 0.647 e. The van der Waals surface area contributed by atoms with E-state index in [2.05, 4.69) is 184 Å². The zero-order valence-corrected chi connectivity index (χ0v) is 90.8. The van der Waals surface area contributed by atoms with E-state index >= 15 is 4.57 Å². The standard InChI is InChI=1S/C126H222N3O4P/c1-7-13-19-25-31-37-43-49-55-61-67-73-79-85-91-103-115-127(116-104-92-86-80-74-68-62-56-50-44-38-32-26-20-14-8-2)121-109-97-100-112-124(121)131-134(130,132-125-113-101-98-110-122(125)128(117-105-93-87-81-75-69-63-57-51-45-39-33-27-21-15-9-3)118-106-94-88-82-76-70-64-58-52-46-40-34-28-22-16-10-4)133-126-114-102-99-111-123(126)129(119-107-95-89-83-77-71-65-59-53-47-41-35-29-23-17-11-5)120-108-96-90-84-78-72-66-60-54-48-42-36-30-24-18-12-6/h49-60,97-102,109-114H,7-48,61-96,103-108,115-120H2,1-6H3/b55-49-,56-50-,57-51-,58-52-,59-53-,60-54-. The predicted octanol–water partition coefficient (Wildman–Crippen LogP) is 44.0. The zero-order chi connectivity index (χ0) is 95.4. The van der Waals surface area contributed by atoms with E-state index in [1.165, 1.54) is 501 Å². The maximum atomic E-state index is 17.2. The van der Waals surface area contributed by atoms with Gasteiger partial charge in [0.1, 0.15) is 0 Å². The lowest BCUT2D eigenvalue weighted by molar-refractivity contribution is 0.298. The molecule has 0 unspecified atom stereocenters. The summed E-state index contributed by atoms with van der Waals surface area (Å²) in [6, 6.07) is 25.5. The van der Waals surface area contributed by atoms with Crippen molar-refractivity contribution in [3.8, 4) is 17.2 Å². The quantitative estimate of drug-likeness (QED) is 0.0317. The molecular weight excluding hydrogens is 1650 g/mol.